The van der Waals surface area contributed by atoms with E-state index >= 15 is 0 Å². The van der Waals surface area contributed by atoms with Crippen LogP contribution < -0.4 is 0 Å². The molecule has 3 nitrogen and oxygen atoms in total. The molecule has 0 aromatic rings. The van der Waals surface area contributed by atoms with Crippen LogP contribution in [0.1, 0.15) is 44.9 Å². The van der Waals surface area contributed by atoms with Crippen LogP contribution >= 0.6 is 0 Å². The minimum Gasteiger partial charge on any atom is -0.295 e. The van der Waals surface area contributed by atoms with E-state index < -0.39 is 9.84 Å². The zero-order valence-corrected chi connectivity index (χ0v) is 10.6. The lowest BCUT2D eigenvalue weighted by Gasteiger charge is -2.58. The second kappa shape index (κ2) is 3.70. The molecule has 3 fully saturated rings. The van der Waals surface area contributed by atoms with Gasteiger partial charge in [0, 0.05) is 0 Å². The maximum absolute atomic E-state index is 11.9. The molecular weight excluding hydrogens is 222 g/mol. The number of likely N-dealkylation sites (tertiary alicyclic amines) is 1. The number of rotatable bonds is 1. The molecule has 4 heteroatoms. The first kappa shape index (κ1) is 11.0. The first-order chi connectivity index (χ1) is 7.65. The Morgan fingerprint density at radius 3 is 2.44 bits per heavy atom. The molecule has 2 heterocycles. The molecule has 3 rings (SSSR count). The van der Waals surface area contributed by atoms with Crippen LogP contribution in [0.25, 0.3) is 0 Å². The van der Waals surface area contributed by atoms with Crippen molar-refractivity contribution in [1.82, 2.24) is 4.90 Å². The van der Waals surface area contributed by atoms with Crippen molar-refractivity contribution in [2.24, 2.45) is 0 Å². The highest BCUT2D eigenvalue weighted by Gasteiger charge is 2.61. The highest BCUT2D eigenvalue weighted by Crippen LogP contribution is 2.47. The van der Waals surface area contributed by atoms with Crippen molar-refractivity contribution in [2.75, 3.05) is 18.8 Å². The molecule has 0 aromatic carbocycles. The van der Waals surface area contributed by atoms with Gasteiger partial charge in [-0.2, -0.15) is 0 Å². The lowest BCUT2D eigenvalue weighted by molar-refractivity contribution is 0.0387. The predicted molar refractivity (Wildman–Crippen MR) is 64.2 cm³/mol. The van der Waals surface area contributed by atoms with Crippen LogP contribution in [0.2, 0.25) is 0 Å². The van der Waals surface area contributed by atoms with Gasteiger partial charge >= 0.3 is 0 Å². The van der Waals surface area contributed by atoms with Crippen molar-refractivity contribution in [3.63, 3.8) is 0 Å². The molecule has 0 N–H and O–H groups in total. The molecule has 2 atom stereocenters. The first-order valence-corrected chi connectivity index (χ1v) is 8.33. The molecule has 2 saturated heterocycles. The summed E-state index contributed by atoms with van der Waals surface area (Å²) in [5.74, 6) is 0.449. The van der Waals surface area contributed by atoms with E-state index in [0.29, 0.717) is 5.75 Å². The summed E-state index contributed by atoms with van der Waals surface area (Å²) in [4.78, 5) is 2.52. The second-order valence-electron chi connectivity index (χ2n) is 5.69. The van der Waals surface area contributed by atoms with E-state index in [2.05, 4.69) is 4.90 Å². The summed E-state index contributed by atoms with van der Waals surface area (Å²) in [7, 11) is -2.73. The number of nitrogens with zero attached hydrogens (tertiary/aromatic N) is 1. The van der Waals surface area contributed by atoms with Gasteiger partial charge in [-0.3, -0.25) is 4.90 Å². The number of hydrogen-bond acceptors (Lipinski definition) is 3. The summed E-state index contributed by atoms with van der Waals surface area (Å²) >= 11 is 0. The molecule has 0 aromatic heterocycles. The molecule has 16 heavy (non-hydrogen) atoms. The SMILES string of the molecule is O=S1(=O)C[C@]2(N3CCCCC3)CCCC[C@@H]21. The molecule has 0 spiro atoms. The average Bonchev–Trinajstić information content (AvgIpc) is 2.29. The third kappa shape index (κ3) is 1.46. The van der Waals surface area contributed by atoms with Gasteiger partial charge in [0.15, 0.2) is 9.84 Å². The molecule has 2 aliphatic heterocycles. The summed E-state index contributed by atoms with van der Waals surface area (Å²) in [6.07, 6.45) is 8.21. The first-order valence-electron chi connectivity index (χ1n) is 6.62. The quantitative estimate of drug-likeness (QED) is 0.702. The van der Waals surface area contributed by atoms with Crippen LogP contribution in [0.15, 0.2) is 0 Å². The van der Waals surface area contributed by atoms with Gasteiger partial charge in [-0.1, -0.05) is 19.3 Å². The summed E-state index contributed by atoms with van der Waals surface area (Å²) in [5.41, 5.74) is 0.0670. The van der Waals surface area contributed by atoms with E-state index in [0.717, 1.165) is 32.4 Å². The smallest absolute Gasteiger partial charge is 0.156 e. The van der Waals surface area contributed by atoms with E-state index in [4.69, 9.17) is 0 Å². The fourth-order valence-electron chi connectivity index (χ4n) is 4.01. The number of fused-ring (bicyclic) bond motifs is 1. The maximum Gasteiger partial charge on any atom is 0.156 e. The Kier molecular flexibility index (Phi) is 2.55. The van der Waals surface area contributed by atoms with Crippen LogP contribution in [0.3, 0.4) is 0 Å². The van der Waals surface area contributed by atoms with E-state index in [1.807, 2.05) is 0 Å². The highest BCUT2D eigenvalue weighted by molar-refractivity contribution is 7.93. The Bertz CT molecular complexity index is 372. The minimum atomic E-state index is -2.73. The van der Waals surface area contributed by atoms with Crippen LogP contribution in [0, 0.1) is 0 Å². The molecule has 0 unspecified atom stereocenters. The molecule has 92 valence electrons. The lowest BCUT2D eigenvalue weighted by atomic mass is 9.79. The Balaban J connectivity index is 1.85. The van der Waals surface area contributed by atoms with Gasteiger partial charge < -0.3 is 0 Å². The van der Waals surface area contributed by atoms with Gasteiger partial charge in [-0.25, -0.2) is 8.42 Å². The zero-order valence-electron chi connectivity index (χ0n) is 9.82. The van der Waals surface area contributed by atoms with Gasteiger partial charge in [0.05, 0.1) is 16.5 Å². The number of piperidine rings is 1. The molecule has 0 bridgehead atoms. The number of hydrogen-bond donors (Lipinski definition) is 0. The van der Waals surface area contributed by atoms with Crippen molar-refractivity contribution < 1.29 is 8.42 Å². The predicted octanol–water partition coefficient (Wildman–Crippen LogP) is 1.58. The Morgan fingerprint density at radius 1 is 1.00 bits per heavy atom. The Hall–Kier alpha value is -0.0900. The molecule has 1 aliphatic carbocycles. The summed E-state index contributed by atoms with van der Waals surface area (Å²) < 4.78 is 23.7. The normalized spacial score (nSPS) is 43.4. The Morgan fingerprint density at radius 2 is 1.75 bits per heavy atom. The monoisotopic (exact) mass is 243 g/mol. The van der Waals surface area contributed by atoms with Crippen LogP contribution in [-0.4, -0.2) is 42.9 Å². The van der Waals surface area contributed by atoms with Crippen molar-refractivity contribution >= 4 is 9.84 Å². The fourth-order valence-corrected chi connectivity index (χ4v) is 6.68. The molecular formula is C12H21NO2S. The molecule has 0 radical (unpaired) electrons. The average molecular weight is 243 g/mol. The summed E-state index contributed by atoms with van der Waals surface area (Å²) in [6, 6.07) is 0. The topological polar surface area (TPSA) is 37.4 Å². The van der Waals surface area contributed by atoms with Gasteiger partial charge in [-0.15, -0.1) is 0 Å². The van der Waals surface area contributed by atoms with E-state index in [9.17, 15) is 8.42 Å². The maximum atomic E-state index is 11.9. The van der Waals surface area contributed by atoms with Crippen LogP contribution in [0.5, 0.6) is 0 Å². The summed E-state index contributed by atoms with van der Waals surface area (Å²) in [5, 5.41) is -0.0214. The number of sulfone groups is 1. The molecule has 3 aliphatic rings. The lowest BCUT2D eigenvalue weighted by Crippen LogP contribution is -2.73. The molecule has 1 saturated carbocycles. The van der Waals surface area contributed by atoms with Crippen LogP contribution in [-0.2, 0) is 9.84 Å². The van der Waals surface area contributed by atoms with Crippen LogP contribution in [0.4, 0.5) is 0 Å². The molecule has 0 amide bonds. The highest BCUT2D eigenvalue weighted by atomic mass is 32.2. The minimum absolute atomic E-state index is 0.0214. The zero-order chi connectivity index (χ0) is 11.2. The Labute approximate surface area is 98.1 Å². The summed E-state index contributed by atoms with van der Waals surface area (Å²) in [6.45, 7) is 2.26. The van der Waals surface area contributed by atoms with E-state index in [1.165, 1.54) is 25.7 Å². The van der Waals surface area contributed by atoms with E-state index in [1.54, 1.807) is 0 Å². The van der Waals surface area contributed by atoms with E-state index in [-0.39, 0.29) is 10.8 Å². The van der Waals surface area contributed by atoms with Crippen molar-refractivity contribution in [1.29, 1.82) is 0 Å². The fraction of sp³-hybridized carbons (Fsp3) is 1.00. The third-order valence-electron chi connectivity index (χ3n) is 4.80. The van der Waals surface area contributed by atoms with Crippen molar-refractivity contribution in [2.45, 2.75) is 55.7 Å². The van der Waals surface area contributed by atoms with Gasteiger partial charge in [0.25, 0.3) is 0 Å². The largest absolute Gasteiger partial charge is 0.295 e. The van der Waals surface area contributed by atoms with Gasteiger partial charge in [-0.05, 0) is 38.8 Å². The standard InChI is InChI=1S/C12H21NO2S/c14-16(15)10-12(7-3-2-6-11(12)16)13-8-4-1-5-9-13/h11H,1-10H2/t11-,12+/m0/s1. The van der Waals surface area contributed by atoms with Gasteiger partial charge in [0.1, 0.15) is 0 Å². The van der Waals surface area contributed by atoms with Gasteiger partial charge in [0.2, 0.25) is 0 Å². The second-order valence-corrected chi connectivity index (χ2v) is 7.88. The van der Waals surface area contributed by atoms with Crippen molar-refractivity contribution in [3.8, 4) is 0 Å². The third-order valence-corrected chi connectivity index (χ3v) is 7.24. The van der Waals surface area contributed by atoms with Crippen molar-refractivity contribution in [3.05, 3.63) is 0 Å².